The Hall–Kier alpha value is -3.97. The van der Waals surface area contributed by atoms with Crippen molar-refractivity contribution in [2.75, 3.05) is 26.7 Å². The fraction of sp³-hybridized carbons (Fsp3) is 0.448. The molecule has 2 aliphatic heterocycles. The SMILES string of the molecule is Cc1cc(F)ccc1[C@@H]1CN(C(=O)CN2C(=O)CCC2=O)CC[C@H]1C(=O)N(C)Cc1cc(C(F)(F)F)cc(C(F)(F)F)c1. The average Bonchev–Trinajstić information content (AvgIpc) is 3.23. The molecule has 14 heteroatoms. The van der Waals surface area contributed by atoms with Crippen LogP contribution in [0.5, 0.6) is 0 Å². The average molecular weight is 616 g/mol. The standard InChI is InChI=1S/C29H28F7N3O4/c1-16-9-20(30)3-4-21(16)23-14-38(26(42)15-39-24(40)5-6-25(39)41)8-7-22(23)27(43)37(2)13-17-10-18(28(31,32)33)12-19(11-17)29(34,35)36/h3-4,9-12,22-23H,5-8,13-15H2,1-2H3/t22-,23+/m1/s1. The van der Waals surface area contributed by atoms with Gasteiger partial charge in [-0.2, -0.15) is 26.3 Å². The maximum Gasteiger partial charge on any atom is 0.416 e. The minimum Gasteiger partial charge on any atom is -0.341 e. The van der Waals surface area contributed by atoms with E-state index in [-0.39, 0.29) is 44.0 Å². The number of benzene rings is 2. The molecule has 2 fully saturated rings. The zero-order valence-electron chi connectivity index (χ0n) is 23.2. The van der Waals surface area contributed by atoms with Crippen molar-refractivity contribution in [2.45, 2.75) is 51.0 Å². The molecule has 2 saturated heterocycles. The fourth-order valence-corrected chi connectivity index (χ4v) is 5.62. The molecule has 0 saturated carbocycles. The monoisotopic (exact) mass is 615 g/mol. The smallest absolute Gasteiger partial charge is 0.341 e. The number of likely N-dealkylation sites (tertiary alicyclic amines) is 2. The summed E-state index contributed by atoms with van der Waals surface area (Å²) in [5.41, 5.74) is -2.38. The van der Waals surface area contributed by atoms with Crippen molar-refractivity contribution in [3.63, 3.8) is 0 Å². The summed E-state index contributed by atoms with van der Waals surface area (Å²) in [6.45, 7) is 0.570. The second kappa shape index (κ2) is 12.0. The first-order valence-electron chi connectivity index (χ1n) is 13.4. The van der Waals surface area contributed by atoms with Gasteiger partial charge in [0.05, 0.1) is 11.1 Å². The molecule has 2 heterocycles. The lowest BCUT2D eigenvalue weighted by Gasteiger charge is -2.40. The highest BCUT2D eigenvalue weighted by molar-refractivity contribution is 6.04. The van der Waals surface area contributed by atoms with E-state index in [1.165, 1.54) is 30.1 Å². The van der Waals surface area contributed by atoms with Gasteiger partial charge in [0.15, 0.2) is 0 Å². The highest BCUT2D eigenvalue weighted by atomic mass is 19.4. The number of hydrogen-bond donors (Lipinski definition) is 0. The molecule has 0 unspecified atom stereocenters. The lowest BCUT2D eigenvalue weighted by Crippen LogP contribution is -2.50. The van der Waals surface area contributed by atoms with Crippen LogP contribution in [-0.4, -0.2) is 65.0 Å². The normalized spacial score (nSPS) is 19.7. The summed E-state index contributed by atoms with van der Waals surface area (Å²) in [6.07, 6.45) is -10.0. The van der Waals surface area contributed by atoms with Gasteiger partial charge in [0, 0.05) is 51.4 Å². The van der Waals surface area contributed by atoms with Gasteiger partial charge in [-0.1, -0.05) is 6.07 Å². The summed E-state index contributed by atoms with van der Waals surface area (Å²) in [7, 11) is 1.26. The molecule has 0 bridgehead atoms. The number of halogens is 7. The maximum atomic E-state index is 13.9. The van der Waals surface area contributed by atoms with Crippen LogP contribution in [-0.2, 0) is 38.1 Å². The lowest BCUT2D eigenvalue weighted by molar-refractivity contribution is -0.147. The summed E-state index contributed by atoms with van der Waals surface area (Å²) in [5.74, 6) is -4.18. The van der Waals surface area contributed by atoms with Crippen LogP contribution in [0.15, 0.2) is 36.4 Å². The van der Waals surface area contributed by atoms with Crippen LogP contribution in [0, 0.1) is 18.7 Å². The number of hydrogen-bond acceptors (Lipinski definition) is 4. The molecular formula is C29H28F7N3O4. The van der Waals surface area contributed by atoms with Crippen molar-refractivity contribution in [3.05, 3.63) is 70.0 Å². The van der Waals surface area contributed by atoms with Crippen molar-refractivity contribution in [3.8, 4) is 0 Å². The molecule has 4 amide bonds. The number of imide groups is 1. The summed E-state index contributed by atoms with van der Waals surface area (Å²) >= 11 is 0. The molecule has 4 rings (SSSR count). The molecule has 7 nitrogen and oxygen atoms in total. The summed E-state index contributed by atoms with van der Waals surface area (Å²) in [4.78, 5) is 54.1. The molecule has 2 atom stereocenters. The highest BCUT2D eigenvalue weighted by Gasteiger charge is 2.41. The van der Waals surface area contributed by atoms with E-state index < -0.39 is 77.9 Å². The first kappa shape index (κ1) is 32.0. The van der Waals surface area contributed by atoms with Gasteiger partial charge in [-0.3, -0.25) is 24.1 Å². The maximum absolute atomic E-state index is 13.9. The number of rotatable bonds is 6. The lowest BCUT2D eigenvalue weighted by atomic mass is 9.78. The topological polar surface area (TPSA) is 78.0 Å². The Bertz CT molecular complexity index is 1390. The highest BCUT2D eigenvalue weighted by Crippen LogP contribution is 2.38. The van der Waals surface area contributed by atoms with Crippen LogP contribution < -0.4 is 0 Å². The summed E-state index contributed by atoms with van der Waals surface area (Å²) in [6, 6.07) is 5.00. The van der Waals surface area contributed by atoms with Gasteiger partial charge in [0.1, 0.15) is 12.4 Å². The predicted octanol–water partition coefficient (Wildman–Crippen LogP) is 4.91. The third kappa shape index (κ3) is 7.16. The Morgan fingerprint density at radius 1 is 0.930 bits per heavy atom. The number of nitrogens with zero attached hydrogens (tertiary/aromatic N) is 3. The Morgan fingerprint density at radius 2 is 1.51 bits per heavy atom. The minimum absolute atomic E-state index is 0.00274. The molecule has 232 valence electrons. The van der Waals surface area contributed by atoms with E-state index in [1.54, 1.807) is 6.92 Å². The van der Waals surface area contributed by atoms with E-state index >= 15 is 0 Å². The first-order chi connectivity index (χ1) is 20.0. The van der Waals surface area contributed by atoms with Crippen molar-refractivity contribution in [2.24, 2.45) is 5.92 Å². The van der Waals surface area contributed by atoms with Gasteiger partial charge >= 0.3 is 12.4 Å². The van der Waals surface area contributed by atoms with E-state index in [0.29, 0.717) is 23.3 Å². The second-order valence-electron chi connectivity index (χ2n) is 10.8. The molecule has 0 N–H and O–H groups in total. The van der Waals surface area contributed by atoms with E-state index in [1.807, 2.05) is 0 Å². The molecule has 2 aliphatic rings. The van der Waals surface area contributed by atoms with Crippen molar-refractivity contribution in [1.82, 2.24) is 14.7 Å². The van der Waals surface area contributed by atoms with Gasteiger partial charge < -0.3 is 9.80 Å². The molecule has 2 aromatic rings. The van der Waals surface area contributed by atoms with E-state index in [4.69, 9.17) is 0 Å². The van der Waals surface area contributed by atoms with E-state index in [9.17, 15) is 49.9 Å². The van der Waals surface area contributed by atoms with Crippen LogP contribution >= 0.6 is 0 Å². The first-order valence-corrected chi connectivity index (χ1v) is 13.4. The third-order valence-electron chi connectivity index (χ3n) is 7.81. The van der Waals surface area contributed by atoms with Gasteiger partial charge in [0.25, 0.3) is 0 Å². The number of carbonyl (C=O) groups excluding carboxylic acids is 4. The van der Waals surface area contributed by atoms with E-state index in [2.05, 4.69) is 0 Å². The quantitative estimate of drug-likeness (QED) is 0.342. The summed E-state index contributed by atoms with van der Waals surface area (Å²) < 4.78 is 94.0. The Labute approximate surface area is 242 Å². The predicted molar refractivity (Wildman–Crippen MR) is 137 cm³/mol. The number of piperidine rings is 1. The molecule has 2 aromatic carbocycles. The molecule has 0 aromatic heterocycles. The number of amides is 4. The number of alkyl halides is 6. The molecule has 0 radical (unpaired) electrons. The molecule has 43 heavy (non-hydrogen) atoms. The Kier molecular flexibility index (Phi) is 8.89. The van der Waals surface area contributed by atoms with Gasteiger partial charge in [-0.25, -0.2) is 4.39 Å². The van der Waals surface area contributed by atoms with Crippen LogP contribution in [0.3, 0.4) is 0 Å². The van der Waals surface area contributed by atoms with Crippen LogP contribution in [0.4, 0.5) is 30.7 Å². The van der Waals surface area contributed by atoms with Gasteiger partial charge in [-0.15, -0.1) is 0 Å². The third-order valence-corrected chi connectivity index (χ3v) is 7.81. The second-order valence-corrected chi connectivity index (χ2v) is 10.8. The fourth-order valence-electron chi connectivity index (χ4n) is 5.62. The number of aryl methyl sites for hydroxylation is 1. The minimum atomic E-state index is -5.05. The van der Waals surface area contributed by atoms with Crippen LogP contribution in [0.1, 0.15) is 53.0 Å². The summed E-state index contributed by atoms with van der Waals surface area (Å²) in [5, 5.41) is 0. The van der Waals surface area contributed by atoms with Crippen LogP contribution in [0.25, 0.3) is 0 Å². The van der Waals surface area contributed by atoms with Crippen LogP contribution in [0.2, 0.25) is 0 Å². The van der Waals surface area contributed by atoms with Crippen molar-refractivity contribution < 1.29 is 49.9 Å². The molecule has 0 aliphatic carbocycles. The Morgan fingerprint density at radius 3 is 2.05 bits per heavy atom. The largest absolute Gasteiger partial charge is 0.416 e. The van der Waals surface area contributed by atoms with Crippen molar-refractivity contribution in [1.29, 1.82) is 0 Å². The van der Waals surface area contributed by atoms with Gasteiger partial charge in [0.2, 0.25) is 23.6 Å². The number of carbonyl (C=O) groups is 4. The zero-order chi connectivity index (χ0) is 31.9. The Balaban J connectivity index is 1.59. The van der Waals surface area contributed by atoms with Crippen molar-refractivity contribution >= 4 is 23.6 Å². The van der Waals surface area contributed by atoms with Gasteiger partial charge in [-0.05, 0) is 60.4 Å². The molecule has 0 spiro atoms. The molecular weight excluding hydrogens is 587 g/mol. The van der Waals surface area contributed by atoms with E-state index in [0.717, 1.165) is 9.80 Å². The zero-order valence-corrected chi connectivity index (χ0v) is 23.2.